The van der Waals surface area contributed by atoms with Crippen molar-refractivity contribution in [1.82, 2.24) is 4.72 Å². The van der Waals surface area contributed by atoms with Gasteiger partial charge in [-0.25, -0.2) is 13.1 Å². The van der Waals surface area contributed by atoms with Crippen LogP contribution in [0, 0.1) is 5.92 Å². The van der Waals surface area contributed by atoms with Crippen molar-refractivity contribution in [3.8, 4) is 0 Å². The molecule has 1 fully saturated rings. The third-order valence-corrected chi connectivity index (χ3v) is 5.47. The molecule has 1 saturated carbocycles. The van der Waals surface area contributed by atoms with Crippen LogP contribution >= 0.6 is 15.9 Å². The smallest absolute Gasteiger partial charge is 0.240 e. The number of sulfonamides is 1. The molecule has 1 aromatic carbocycles. The van der Waals surface area contributed by atoms with Crippen LogP contribution in [0.5, 0.6) is 0 Å². The number of halogens is 1. The summed E-state index contributed by atoms with van der Waals surface area (Å²) in [6.45, 7) is 0.450. The van der Waals surface area contributed by atoms with Crippen molar-refractivity contribution in [1.29, 1.82) is 0 Å². The van der Waals surface area contributed by atoms with Crippen LogP contribution in [0.2, 0.25) is 0 Å². The summed E-state index contributed by atoms with van der Waals surface area (Å²) in [4.78, 5) is 0.284. The molecule has 6 heteroatoms. The van der Waals surface area contributed by atoms with Crippen molar-refractivity contribution in [2.75, 3.05) is 6.54 Å². The number of hydrogen-bond acceptors (Lipinski definition) is 3. The summed E-state index contributed by atoms with van der Waals surface area (Å²) in [6, 6.07) is 6.59. The van der Waals surface area contributed by atoms with E-state index in [0.717, 1.165) is 30.2 Å². The molecule has 0 unspecified atom stereocenters. The van der Waals surface area contributed by atoms with Crippen LogP contribution < -0.4 is 4.72 Å². The summed E-state index contributed by atoms with van der Waals surface area (Å²) in [5.74, 6) is 0.327. The third-order valence-electron chi connectivity index (χ3n) is 3.50. The number of hydrogen-bond donors (Lipinski definition) is 2. The molecule has 0 aromatic heterocycles. The highest BCUT2D eigenvalue weighted by Crippen LogP contribution is 2.24. The molecular formula is C13H18BrNO3S. The van der Waals surface area contributed by atoms with E-state index in [1.54, 1.807) is 24.3 Å². The summed E-state index contributed by atoms with van der Waals surface area (Å²) in [7, 11) is -3.42. The predicted molar refractivity (Wildman–Crippen MR) is 77.3 cm³/mol. The number of rotatable bonds is 4. The second kappa shape index (κ2) is 6.35. The van der Waals surface area contributed by atoms with Gasteiger partial charge < -0.3 is 5.11 Å². The molecule has 0 saturated heterocycles. The van der Waals surface area contributed by atoms with Crippen LogP contribution in [0.15, 0.2) is 33.6 Å². The van der Waals surface area contributed by atoms with E-state index in [1.165, 1.54) is 0 Å². The van der Waals surface area contributed by atoms with Crippen molar-refractivity contribution in [2.24, 2.45) is 5.92 Å². The quantitative estimate of drug-likeness (QED) is 0.877. The van der Waals surface area contributed by atoms with Gasteiger partial charge in [0.05, 0.1) is 11.0 Å². The van der Waals surface area contributed by atoms with Crippen molar-refractivity contribution in [3.05, 3.63) is 28.7 Å². The van der Waals surface area contributed by atoms with Crippen LogP contribution in [-0.2, 0) is 10.0 Å². The Bertz CT molecular complexity index is 507. The fraction of sp³-hybridized carbons (Fsp3) is 0.538. The zero-order chi connectivity index (χ0) is 13.9. The molecule has 0 aliphatic heterocycles. The molecule has 106 valence electrons. The van der Waals surface area contributed by atoms with Gasteiger partial charge >= 0.3 is 0 Å². The molecule has 0 spiro atoms. The Morgan fingerprint density at radius 3 is 2.32 bits per heavy atom. The zero-order valence-electron chi connectivity index (χ0n) is 10.5. The van der Waals surface area contributed by atoms with Gasteiger partial charge in [0.1, 0.15) is 0 Å². The molecule has 0 bridgehead atoms. The van der Waals surface area contributed by atoms with Crippen molar-refractivity contribution in [2.45, 2.75) is 36.7 Å². The maximum Gasteiger partial charge on any atom is 0.240 e. The Morgan fingerprint density at radius 2 is 1.74 bits per heavy atom. The van der Waals surface area contributed by atoms with Gasteiger partial charge in [0.25, 0.3) is 0 Å². The van der Waals surface area contributed by atoms with E-state index in [2.05, 4.69) is 20.7 Å². The first kappa shape index (κ1) is 15.0. The molecule has 4 nitrogen and oxygen atoms in total. The summed E-state index contributed by atoms with van der Waals surface area (Å²) in [5, 5.41) is 9.42. The molecule has 2 N–H and O–H groups in total. The van der Waals surface area contributed by atoms with Crippen LogP contribution in [0.25, 0.3) is 0 Å². The lowest BCUT2D eigenvalue weighted by atomic mass is 9.88. The first-order valence-electron chi connectivity index (χ1n) is 6.40. The SMILES string of the molecule is O=S(=O)(NCC1CCC(O)CC1)c1ccc(Br)cc1. The molecule has 2 rings (SSSR count). The minimum atomic E-state index is -3.42. The van der Waals surface area contributed by atoms with E-state index in [0.29, 0.717) is 12.5 Å². The lowest BCUT2D eigenvalue weighted by Gasteiger charge is -2.25. The van der Waals surface area contributed by atoms with Gasteiger partial charge in [-0.15, -0.1) is 0 Å². The summed E-state index contributed by atoms with van der Waals surface area (Å²) < 4.78 is 27.7. The van der Waals surface area contributed by atoms with Crippen LogP contribution in [0.3, 0.4) is 0 Å². The first-order chi connectivity index (χ1) is 8.97. The van der Waals surface area contributed by atoms with E-state index in [4.69, 9.17) is 0 Å². The molecular weight excluding hydrogens is 330 g/mol. The van der Waals surface area contributed by atoms with Crippen molar-refractivity contribution in [3.63, 3.8) is 0 Å². The van der Waals surface area contributed by atoms with Crippen LogP contribution in [-0.4, -0.2) is 26.2 Å². The van der Waals surface area contributed by atoms with E-state index >= 15 is 0 Å². The normalized spacial score (nSPS) is 24.3. The van der Waals surface area contributed by atoms with Gasteiger partial charge in [-0.3, -0.25) is 0 Å². The number of aliphatic hydroxyl groups excluding tert-OH is 1. The molecule has 0 amide bonds. The Hall–Kier alpha value is -0.430. The minimum Gasteiger partial charge on any atom is -0.393 e. The molecule has 19 heavy (non-hydrogen) atoms. The van der Waals surface area contributed by atoms with Gasteiger partial charge in [0.15, 0.2) is 0 Å². The van der Waals surface area contributed by atoms with Crippen molar-refractivity contribution < 1.29 is 13.5 Å². The Labute approximate surface area is 122 Å². The minimum absolute atomic E-state index is 0.209. The van der Waals surface area contributed by atoms with Gasteiger partial charge in [0.2, 0.25) is 10.0 Å². The highest BCUT2D eigenvalue weighted by molar-refractivity contribution is 9.10. The number of nitrogens with one attached hydrogen (secondary N) is 1. The zero-order valence-corrected chi connectivity index (χ0v) is 13.0. The van der Waals surface area contributed by atoms with E-state index in [1.807, 2.05) is 0 Å². The largest absolute Gasteiger partial charge is 0.393 e. The van der Waals surface area contributed by atoms with Crippen LogP contribution in [0.1, 0.15) is 25.7 Å². The van der Waals surface area contributed by atoms with Crippen LogP contribution in [0.4, 0.5) is 0 Å². The van der Waals surface area contributed by atoms with Gasteiger partial charge in [-0.05, 0) is 55.9 Å². The highest BCUT2D eigenvalue weighted by Gasteiger charge is 2.21. The van der Waals surface area contributed by atoms with Gasteiger partial charge in [-0.2, -0.15) is 0 Å². The lowest BCUT2D eigenvalue weighted by molar-refractivity contribution is 0.109. The Morgan fingerprint density at radius 1 is 1.16 bits per heavy atom. The first-order valence-corrected chi connectivity index (χ1v) is 8.68. The Kier molecular flexibility index (Phi) is 5.00. The predicted octanol–water partition coefficient (Wildman–Crippen LogP) is 2.28. The van der Waals surface area contributed by atoms with Crippen molar-refractivity contribution >= 4 is 26.0 Å². The van der Waals surface area contributed by atoms with E-state index in [9.17, 15) is 13.5 Å². The van der Waals surface area contributed by atoms with Gasteiger partial charge in [-0.1, -0.05) is 15.9 Å². The maximum atomic E-state index is 12.1. The Balaban J connectivity index is 1.92. The average molecular weight is 348 g/mol. The fourth-order valence-corrected chi connectivity index (χ4v) is 3.65. The maximum absolute atomic E-state index is 12.1. The molecule has 0 radical (unpaired) electrons. The number of aliphatic hydroxyl groups is 1. The standard InChI is InChI=1S/C13H18BrNO3S/c14-11-3-7-13(8-4-11)19(17,18)15-9-10-1-5-12(16)6-2-10/h3-4,7-8,10,12,15-16H,1-2,5-6,9H2. The summed E-state index contributed by atoms with van der Waals surface area (Å²) >= 11 is 3.28. The molecule has 1 aliphatic rings. The summed E-state index contributed by atoms with van der Waals surface area (Å²) in [5.41, 5.74) is 0. The average Bonchev–Trinajstić information content (AvgIpc) is 2.39. The molecule has 0 atom stereocenters. The number of benzene rings is 1. The monoisotopic (exact) mass is 347 g/mol. The summed E-state index contributed by atoms with van der Waals surface area (Å²) in [6.07, 6.45) is 3.09. The lowest BCUT2D eigenvalue weighted by Crippen LogP contribution is -2.32. The molecule has 0 heterocycles. The van der Waals surface area contributed by atoms with Gasteiger partial charge in [0, 0.05) is 11.0 Å². The van der Waals surface area contributed by atoms with E-state index < -0.39 is 10.0 Å². The topological polar surface area (TPSA) is 66.4 Å². The molecule has 1 aliphatic carbocycles. The molecule has 1 aromatic rings. The third kappa shape index (κ3) is 4.27. The fourth-order valence-electron chi connectivity index (χ4n) is 2.27. The second-order valence-corrected chi connectivity index (χ2v) is 7.66. The second-order valence-electron chi connectivity index (χ2n) is 4.98. The van der Waals surface area contributed by atoms with E-state index in [-0.39, 0.29) is 11.0 Å². The highest BCUT2D eigenvalue weighted by atomic mass is 79.9.